The van der Waals surface area contributed by atoms with Crippen molar-refractivity contribution in [3.8, 4) is 0 Å². The molecule has 8 heteroatoms. The maximum absolute atomic E-state index is 11.2. The number of oxime groups is 1. The van der Waals surface area contributed by atoms with Crippen molar-refractivity contribution in [3.05, 3.63) is 0 Å². The Bertz CT molecular complexity index is 338. The lowest BCUT2D eigenvalue weighted by Crippen LogP contribution is -2.28. The second-order valence-electron chi connectivity index (χ2n) is 2.70. The number of carbonyl (C=O) groups is 2. The highest BCUT2D eigenvalue weighted by Crippen LogP contribution is 1.89. The molecule has 2 N–H and O–H groups in total. The van der Waals surface area contributed by atoms with Crippen LogP contribution in [-0.4, -0.2) is 41.9 Å². The molecule has 0 heterocycles. The summed E-state index contributed by atoms with van der Waals surface area (Å²) >= 11 is 0. The fraction of sp³-hybridized carbons (Fsp3) is 0.556. The van der Waals surface area contributed by atoms with Gasteiger partial charge in [-0.3, -0.25) is 0 Å². The van der Waals surface area contributed by atoms with Crippen molar-refractivity contribution in [2.75, 3.05) is 13.2 Å². The molecule has 0 bridgehead atoms. The van der Waals surface area contributed by atoms with E-state index >= 15 is 0 Å². The van der Waals surface area contributed by atoms with Crippen LogP contribution in [0.25, 0.3) is 0 Å². The first kappa shape index (κ1) is 14.9. The number of ether oxygens (including phenoxy) is 2. The third-order valence-electron chi connectivity index (χ3n) is 1.50. The van der Waals surface area contributed by atoms with Gasteiger partial charge in [0.2, 0.25) is 5.71 Å². The fourth-order valence-electron chi connectivity index (χ4n) is 0.806. The summed E-state index contributed by atoms with van der Waals surface area (Å²) in [6, 6.07) is 0. The zero-order chi connectivity index (χ0) is 13.3. The first-order chi connectivity index (χ1) is 8.06. The largest absolute Gasteiger partial charge is 0.461 e. The summed E-state index contributed by atoms with van der Waals surface area (Å²) < 4.78 is 9.15. The predicted molar refractivity (Wildman–Crippen MR) is 59.1 cm³/mol. The molecule has 0 rings (SSSR count). The van der Waals surface area contributed by atoms with Crippen LogP contribution in [-0.2, 0) is 14.3 Å². The molecule has 0 fully saturated rings. The van der Waals surface area contributed by atoms with Crippen LogP contribution in [0.5, 0.6) is 0 Å². The summed E-state index contributed by atoms with van der Waals surface area (Å²) in [5.41, 5.74) is 1.64. The lowest BCUT2D eigenvalue weighted by atomic mass is 10.2. The second kappa shape index (κ2) is 8.08. The van der Waals surface area contributed by atoms with E-state index < -0.39 is 12.1 Å². The minimum Gasteiger partial charge on any atom is -0.461 e. The van der Waals surface area contributed by atoms with E-state index in [0.29, 0.717) is 0 Å². The summed E-state index contributed by atoms with van der Waals surface area (Å²) in [6.45, 7) is 4.94. The smallest absolute Gasteiger partial charge is 0.427 e. The van der Waals surface area contributed by atoms with Crippen molar-refractivity contribution in [1.29, 1.82) is 0 Å². The molecule has 0 atom stereocenters. The number of nitrogens with zero attached hydrogens (tertiary/aromatic N) is 2. The Labute approximate surface area is 98.3 Å². The predicted octanol–water partition coefficient (Wildman–Crippen LogP) is 0.502. The molecule has 0 aliphatic heterocycles. The van der Waals surface area contributed by atoms with Crippen molar-refractivity contribution in [3.63, 3.8) is 0 Å². The van der Waals surface area contributed by atoms with E-state index in [4.69, 9.17) is 5.21 Å². The van der Waals surface area contributed by atoms with Gasteiger partial charge in [-0.25, -0.2) is 15.0 Å². The summed E-state index contributed by atoms with van der Waals surface area (Å²) in [5, 5.41) is 14.9. The Balaban J connectivity index is 4.54. The molecule has 0 aromatic carbocycles. The van der Waals surface area contributed by atoms with Gasteiger partial charge in [0.15, 0.2) is 0 Å². The van der Waals surface area contributed by atoms with Crippen molar-refractivity contribution in [2.24, 2.45) is 10.3 Å². The van der Waals surface area contributed by atoms with Gasteiger partial charge in [-0.05, 0) is 20.8 Å². The van der Waals surface area contributed by atoms with Gasteiger partial charge in [-0.2, -0.15) is 5.10 Å². The molecule has 1 amide bonds. The van der Waals surface area contributed by atoms with Crippen molar-refractivity contribution in [2.45, 2.75) is 20.8 Å². The summed E-state index contributed by atoms with van der Waals surface area (Å²) in [4.78, 5) is 22.1. The zero-order valence-corrected chi connectivity index (χ0v) is 9.89. The van der Waals surface area contributed by atoms with E-state index in [1.54, 1.807) is 13.8 Å². The lowest BCUT2D eigenvalue weighted by molar-refractivity contribution is -0.134. The average Bonchev–Trinajstić information content (AvgIpc) is 2.28. The maximum Gasteiger partial charge on any atom is 0.427 e. The standard InChI is InChI=1S/C9H15N3O5/c1-4-16-8(13)7(12-15)6(3)10-11-9(14)17-5-2/h15H,4-5H2,1-3H3,(H,11,14). The normalized spacial score (nSPS) is 11.9. The van der Waals surface area contributed by atoms with Gasteiger partial charge < -0.3 is 14.7 Å². The molecular formula is C9H15N3O5. The van der Waals surface area contributed by atoms with Crippen molar-refractivity contribution in [1.82, 2.24) is 5.43 Å². The third-order valence-corrected chi connectivity index (χ3v) is 1.50. The minimum atomic E-state index is -0.832. The number of carbonyl (C=O) groups excluding carboxylic acids is 2. The van der Waals surface area contributed by atoms with E-state index in [0.717, 1.165) is 0 Å². The van der Waals surface area contributed by atoms with Gasteiger partial charge in [0.05, 0.1) is 18.9 Å². The van der Waals surface area contributed by atoms with Gasteiger partial charge in [0, 0.05) is 0 Å². The average molecular weight is 245 g/mol. The first-order valence-electron chi connectivity index (χ1n) is 4.93. The van der Waals surface area contributed by atoms with Crippen LogP contribution in [0.1, 0.15) is 20.8 Å². The molecule has 0 aromatic rings. The molecule has 8 nitrogen and oxygen atoms in total. The molecule has 96 valence electrons. The second-order valence-corrected chi connectivity index (χ2v) is 2.70. The van der Waals surface area contributed by atoms with Crippen LogP contribution in [0, 0.1) is 0 Å². The van der Waals surface area contributed by atoms with Gasteiger partial charge in [-0.15, -0.1) is 0 Å². The molecule has 0 aromatic heterocycles. The summed E-state index contributed by atoms with van der Waals surface area (Å²) in [7, 11) is 0. The van der Waals surface area contributed by atoms with Crippen LogP contribution >= 0.6 is 0 Å². The fourth-order valence-corrected chi connectivity index (χ4v) is 0.806. The number of rotatable bonds is 5. The monoisotopic (exact) mass is 245 g/mol. The van der Waals surface area contributed by atoms with Crippen molar-refractivity contribution >= 4 is 23.5 Å². The van der Waals surface area contributed by atoms with E-state index in [1.807, 2.05) is 5.43 Å². The maximum atomic E-state index is 11.2. The Morgan fingerprint density at radius 2 is 1.82 bits per heavy atom. The van der Waals surface area contributed by atoms with E-state index in [-0.39, 0.29) is 24.6 Å². The quantitative estimate of drug-likeness (QED) is 0.317. The van der Waals surface area contributed by atoms with E-state index in [2.05, 4.69) is 19.7 Å². The number of hydrogen-bond donors (Lipinski definition) is 2. The molecule has 0 radical (unpaired) electrons. The molecule has 17 heavy (non-hydrogen) atoms. The summed E-state index contributed by atoms with van der Waals surface area (Å²) in [5.74, 6) is -0.832. The highest BCUT2D eigenvalue weighted by molar-refractivity contribution is 6.65. The van der Waals surface area contributed by atoms with Crippen LogP contribution < -0.4 is 5.43 Å². The number of esters is 1. The zero-order valence-electron chi connectivity index (χ0n) is 9.89. The van der Waals surface area contributed by atoms with Crippen LogP contribution in [0.3, 0.4) is 0 Å². The van der Waals surface area contributed by atoms with Crippen molar-refractivity contribution < 1.29 is 24.3 Å². The molecule has 0 aliphatic rings. The third kappa shape index (κ3) is 5.50. The lowest BCUT2D eigenvalue weighted by Gasteiger charge is -2.04. The minimum absolute atomic E-state index is 0.000923. The number of amides is 1. The van der Waals surface area contributed by atoms with Crippen LogP contribution in [0.4, 0.5) is 4.79 Å². The Morgan fingerprint density at radius 3 is 2.29 bits per heavy atom. The molecule has 0 spiro atoms. The molecule has 0 aliphatic carbocycles. The number of nitrogens with one attached hydrogen (secondary N) is 1. The molecular weight excluding hydrogens is 230 g/mol. The summed E-state index contributed by atoms with van der Waals surface area (Å²) in [6.07, 6.45) is -0.770. The molecule has 0 unspecified atom stereocenters. The van der Waals surface area contributed by atoms with Gasteiger partial charge in [0.25, 0.3) is 0 Å². The highest BCUT2D eigenvalue weighted by Gasteiger charge is 2.17. The highest BCUT2D eigenvalue weighted by atomic mass is 16.6. The topological polar surface area (TPSA) is 110 Å². The van der Waals surface area contributed by atoms with E-state index in [1.165, 1.54) is 6.92 Å². The van der Waals surface area contributed by atoms with Crippen LogP contribution in [0.15, 0.2) is 10.3 Å². The van der Waals surface area contributed by atoms with E-state index in [9.17, 15) is 9.59 Å². The Morgan fingerprint density at radius 1 is 1.24 bits per heavy atom. The van der Waals surface area contributed by atoms with Gasteiger partial charge >= 0.3 is 12.1 Å². The first-order valence-corrected chi connectivity index (χ1v) is 4.93. The Hall–Kier alpha value is -2.12. The molecule has 0 saturated heterocycles. The Kier molecular flexibility index (Phi) is 7.07. The molecule has 0 saturated carbocycles. The number of hydrazone groups is 1. The van der Waals surface area contributed by atoms with Crippen LogP contribution in [0.2, 0.25) is 0 Å². The SMILES string of the molecule is CCOC(=O)NN=C(C)C(=NO)C(=O)OCC. The number of hydrogen-bond acceptors (Lipinski definition) is 7. The van der Waals surface area contributed by atoms with Gasteiger partial charge in [-0.1, -0.05) is 5.16 Å². The van der Waals surface area contributed by atoms with Gasteiger partial charge in [0.1, 0.15) is 0 Å².